The van der Waals surface area contributed by atoms with E-state index in [9.17, 15) is 0 Å². The summed E-state index contributed by atoms with van der Waals surface area (Å²) in [5, 5.41) is 8.35. The van der Waals surface area contributed by atoms with E-state index in [1.807, 2.05) is 4.68 Å². The van der Waals surface area contributed by atoms with E-state index < -0.39 is 0 Å². The first-order chi connectivity index (χ1) is 6.74. The summed E-state index contributed by atoms with van der Waals surface area (Å²) in [6, 6.07) is 0. The Morgan fingerprint density at radius 3 is 2.20 bits per heavy atom. The lowest BCUT2D eigenvalue weighted by atomic mass is 9.75. The van der Waals surface area contributed by atoms with Crippen LogP contribution in [0.15, 0.2) is 6.20 Å². The zero-order chi connectivity index (χ0) is 11.7. The van der Waals surface area contributed by atoms with Crippen LogP contribution in [0.4, 0.5) is 0 Å². The monoisotopic (exact) mass is 209 g/mol. The molecule has 1 rings (SSSR count). The molecule has 0 radical (unpaired) electrons. The molecule has 0 saturated heterocycles. The fourth-order valence-electron chi connectivity index (χ4n) is 2.18. The minimum absolute atomic E-state index is 0.103. The highest BCUT2D eigenvalue weighted by molar-refractivity contribution is 5.09. The standard InChI is InChI=1S/C12H23N3/c1-7-15-8-10(13-14-15)12(5,6)9-11(2,3)4/h8H,7,9H2,1-6H3. The van der Waals surface area contributed by atoms with Crippen molar-refractivity contribution in [1.29, 1.82) is 0 Å². The summed E-state index contributed by atoms with van der Waals surface area (Å²) in [7, 11) is 0. The molecule has 0 N–H and O–H groups in total. The number of aryl methyl sites for hydroxylation is 1. The molecule has 0 atom stereocenters. The molecule has 3 nitrogen and oxygen atoms in total. The first-order valence-corrected chi connectivity index (χ1v) is 5.65. The van der Waals surface area contributed by atoms with Gasteiger partial charge in [0.05, 0.1) is 5.69 Å². The van der Waals surface area contributed by atoms with Crippen LogP contribution in [0, 0.1) is 5.41 Å². The molecule has 0 aliphatic heterocycles. The summed E-state index contributed by atoms with van der Waals surface area (Å²) >= 11 is 0. The maximum Gasteiger partial charge on any atom is 0.0883 e. The van der Waals surface area contributed by atoms with Crippen LogP contribution in [0.2, 0.25) is 0 Å². The van der Waals surface area contributed by atoms with E-state index in [0.717, 1.165) is 18.7 Å². The van der Waals surface area contributed by atoms with Crippen LogP contribution in [-0.4, -0.2) is 15.0 Å². The Bertz CT molecular complexity index is 318. The van der Waals surface area contributed by atoms with Gasteiger partial charge >= 0.3 is 0 Å². The number of nitrogens with zero attached hydrogens (tertiary/aromatic N) is 3. The van der Waals surface area contributed by atoms with Gasteiger partial charge in [0, 0.05) is 18.2 Å². The minimum atomic E-state index is 0.103. The van der Waals surface area contributed by atoms with Crippen molar-refractivity contribution >= 4 is 0 Å². The molecule has 0 amide bonds. The SMILES string of the molecule is CCn1cc(C(C)(C)CC(C)(C)C)nn1. The highest BCUT2D eigenvalue weighted by atomic mass is 15.4. The van der Waals surface area contributed by atoms with Crippen molar-refractivity contribution in [1.82, 2.24) is 15.0 Å². The van der Waals surface area contributed by atoms with Gasteiger partial charge in [-0.2, -0.15) is 0 Å². The van der Waals surface area contributed by atoms with Gasteiger partial charge in [-0.1, -0.05) is 39.8 Å². The molecule has 1 aromatic rings. The second-order valence-electron chi connectivity index (χ2n) is 6.08. The van der Waals surface area contributed by atoms with Crippen LogP contribution in [0.1, 0.15) is 53.7 Å². The van der Waals surface area contributed by atoms with Gasteiger partial charge in [-0.05, 0) is 18.8 Å². The molecular weight excluding hydrogens is 186 g/mol. The summed E-state index contributed by atoms with van der Waals surface area (Å²) < 4.78 is 1.89. The van der Waals surface area contributed by atoms with Gasteiger partial charge in [-0.25, -0.2) is 0 Å². The van der Waals surface area contributed by atoms with E-state index in [4.69, 9.17) is 0 Å². The molecule has 1 heterocycles. The van der Waals surface area contributed by atoms with E-state index in [0.29, 0.717) is 5.41 Å². The molecule has 0 bridgehead atoms. The molecule has 0 aromatic carbocycles. The van der Waals surface area contributed by atoms with Crippen molar-refractivity contribution in [2.45, 2.75) is 59.9 Å². The van der Waals surface area contributed by atoms with E-state index in [-0.39, 0.29) is 5.41 Å². The van der Waals surface area contributed by atoms with E-state index in [1.54, 1.807) is 0 Å². The Hall–Kier alpha value is -0.860. The van der Waals surface area contributed by atoms with Gasteiger partial charge in [0.1, 0.15) is 0 Å². The smallest absolute Gasteiger partial charge is 0.0883 e. The van der Waals surface area contributed by atoms with Gasteiger partial charge in [-0.15, -0.1) is 5.10 Å². The fraction of sp³-hybridized carbons (Fsp3) is 0.833. The number of rotatable bonds is 3. The lowest BCUT2D eigenvalue weighted by Gasteiger charge is -2.30. The summed E-state index contributed by atoms with van der Waals surface area (Å²) in [6.45, 7) is 14.2. The number of aromatic nitrogens is 3. The molecule has 1 aromatic heterocycles. The highest BCUT2D eigenvalue weighted by Gasteiger charge is 2.29. The summed E-state index contributed by atoms with van der Waals surface area (Å²) in [6.07, 6.45) is 3.17. The first kappa shape index (κ1) is 12.2. The maximum atomic E-state index is 4.26. The summed E-state index contributed by atoms with van der Waals surface area (Å²) in [4.78, 5) is 0. The molecule has 15 heavy (non-hydrogen) atoms. The van der Waals surface area contributed by atoms with Crippen LogP contribution in [0.3, 0.4) is 0 Å². The van der Waals surface area contributed by atoms with Crippen LogP contribution in [-0.2, 0) is 12.0 Å². The van der Waals surface area contributed by atoms with E-state index in [1.165, 1.54) is 0 Å². The molecular formula is C12H23N3. The zero-order valence-corrected chi connectivity index (χ0v) is 10.8. The second kappa shape index (κ2) is 3.95. The topological polar surface area (TPSA) is 30.7 Å². The molecule has 0 aliphatic carbocycles. The van der Waals surface area contributed by atoms with Crippen molar-refractivity contribution in [3.8, 4) is 0 Å². The Kier molecular flexibility index (Phi) is 3.22. The maximum absolute atomic E-state index is 4.26. The minimum Gasteiger partial charge on any atom is -0.253 e. The Balaban J connectivity index is 2.85. The van der Waals surface area contributed by atoms with Crippen molar-refractivity contribution in [3.05, 3.63) is 11.9 Å². The largest absolute Gasteiger partial charge is 0.253 e. The lowest BCUT2D eigenvalue weighted by Crippen LogP contribution is -2.25. The molecule has 0 aliphatic rings. The number of hydrogen-bond acceptors (Lipinski definition) is 2. The number of hydrogen-bond donors (Lipinski definition) is 0. The van der Waals surface area contributed by atoms with Crippen LogP contribution in [0.5, 0.6) is 0 Å². The van der Waals surface area contributed by atoms with Gasteiger partial charge in [0.15, 0.2) is 0 Å². The molecule has 3 heteroatoms. The molecule has 86 valence electrons. The Morgan fingerprint density at radius 1 is 1.20 bits per heavy atom. The third-order valence-electron chi connectivity index (χ3n) is 2.53. The molecule has 0 unspecified atom stereocenters. The van der Waals surface area contributed by atoms with Crippen molar-refractivity contribution in [2.24, 2.45) is 5.41 Å². The van der Waals surface area contributed by atoms with Gasteiger partial charge in [0.2, 0.25) is 0 Å². The van der Waals surface area contributed by atoms with Gasteiger partial charge in [-0.3, -0.25) is 4.68 Å². The molecule has 0 spiro atoms. The fourth-order valence-corrected chi connectivity index (χ4v) is 2.18. The van der Waals surface area contributed by atoms with E-state index in [2.05, 4.69) is 58.1 Å². The quantitative estimate of drug-likeness (QED) is 0.766. The molecule has 0 saturated carbocycles. The van der Waals surface area contributed by atoms with Crippen LogP contribution < -0.4 is 0 Å². The Morgan fingerprint density at radius 2 is 1.80 bits per heavy atom. The predicted octanol–water partition coefficient (Wildman–Crippen LogP) is 3.01. The molecule has 0 fully saturated rings. The van der Waals surface area contributed by atoms with Gasteiger partial charge < -0.3 is 0 Å². The third-order valence-corrected chi connectivity index (χ3v) is 2.53. The van der Waals surface area contributed by atoms with Crippen LogP contribution >= 0.6 is 0 Å². The van der Waals surface area contributed by atoms with E-state index >= 15 is 0 Å². The summed E-state index contributed by atoms with van der Waals surface area (Å²) in [5.74, 6) is 0. The normalized spacial score (nSPS) is 13.2. The summed E-state index contributed by atoms with van der Waals surface area (Å²) in [5.41, 5.74) is 1.52. The average molecular weight is 209 g/mol. The van der Waals surface area contributed by atoms with Gasteiger partial charge in [0.25, 0.3) is 0 Å². The van der Waals surface area contributed by atoms with Crippen molar-refractivity contribution in [2.75, 3.05) is 0 Å². The Labute approximate surface area is 92.9 Å². The third kappa shape index (κ3) is 3.33. The lowest BCUT2D eigenvalue weighted by molar-refractivity contribution is 0.279. The second-order valence-corrected chi connectivity index (χ2v) is 6.08. The van der Waals surface area contributed by atoms with Crippen molar-refractivity contribution < 1.29 is 0 Å². The first-order valence-electron chi connectivity index (χ1n) is 5.65. The zero-order valence-electron chi connectivity index (χ0n) is 10.8. The average Bonchev–Trinajstić information content (AvgIpc) is 2.47. The highest BCUT2D eigenvalue weighted by Crippen LogP contribution is 2.34. The van der Waals surface area contributed by atoms with Crippen molar-refractivity contribution in [3.63, 3.8) is 0 Å². The van der Waals surface area contributed by atoms with Crippen LogP contribution in [0.25, 0.3) is 0 Å². The predicted molar refractivity (Wildman–Crippen MR) is 62.8 cm³/mol.